The van der Waals surface area contributed by atoms with Crippen molar-refractivity contribution in [1.29, 1.82) is 0 Å². The summed E-state index contributed by atoms with van der Waals surface area (Å²) in [6.45, 7) is 1.25. The number of amides is 1. The molecule has 1 amide bonds. The maximum atomic E-state index is 12.8. The summed E-state index contributed by atoms with van der Waals surface area (Å²) in [4.78, 5) is 14.5. The second-order valence-corrected chi connectivity index (χ2v) is 6.65. The van der Waals surface area contributed by atoms with Crippen LogP contribution in [0.2, 0.25) is 0 Å². The van der Waals surface area contributed by atoms with Gasteiger partial charge in [-0.1, -0.05) is 6.07 Å². The number of nitrogens with zero attached hydrogens (tertiary/aromatic N) is 5. The fraction of sp³-hybridized carbons (Fsp3) is 0.333. The zero-order valence-electron chi connectivity index (χ0n) is 14.7. The standard InChI is InChI=1S/C18H17F3N6O/c19-18(20,21)13-2-1-3-14(10-13)23-17(28)12-6-8-26(9-7-12)16-5-4-15-24-22-11-27(15)25-16/h1-5,10-12H,6-9H2,(H,23,28). The highest BCUT2D eigenvalue weighted by atomic mass is 19.4. The predicted octanol–water partition coefficient (Wildman–Crippen LogP) is 3.00. The molecular formula is C18H17F3N6O. The predicted molar refractivity (Wildman–Crippen MR) is 95.8 cm³/mol. The van der Waals surface area contributed by atoms with Crippen LogP contribution in [0.1, 0.15) is 18.4 Å². The first-order valence-electron chi connectivity index (χ1n) is 8.80. The highest BCUT2D eigenvalue weighted by Crippen LogP contribution is 2.31. The van der Waals surface area contributed by atoms with Gasteiger partial charge in [0.1, 0.15) is 12.1 Å². The number of halogens is 3. The van der Waals surface area contributed by atoms with Gasteiger partial charge >= 0.3 is 6.18 Å². The van der Waals surface area contributed by atoms with Gasteiger partial charge in [-0.15, -0.1) is 15.3 Å². The molecule has 0 atom stereocenters. The Morgan fingerprint density at radius 3 is 2.68 bits per heavy atom. The molecule has 3 heterocycles. The van der Waals surface area contributed by atoms with Gasteiger partial charge in [-0.05, 0) is 43.2 Å². The molecule has 1 saturated heterocycles. The Hall–Kier alpha value is -3.17. The van der Waals surface area contributed by atoms with E-state index >= 15 is 0 Å². The molecule has 0 unspecified atom stereocenters. The van der Waals surface area contributed by atoms with Crippen molar-refractivity contribution in [2.45, 2.75) is 19.0 Å². The molecule has 0 spiro atoms. The summed E-state index contributed by atoms with van der Waals surface area (Å²) in [5, 5.41) is 14.7. The lowest BCUT2D eigenvalue weighted by Crippen LogP contribution is -2.38. The second-order valence-electron chi connectivity index (χ2n) is 6.65. The van der Waals surface area contributed by atoms with Crippen LogP contribution in [0.15, 0.2) is 42.7 Å². The summed E-state index contributed by atoms with van der Waals surface area (Å²) in [7, 11) is 0. The van der Waals surface area contributed by atoms with Gasteiger partial charge in [0.15, 0.2) is 5.65 Å². The number of fused-ring (bicyclic) bond motifs is 1. The zero-order valence-corrected chi connectivity index (χ0v) is 14.7. The molecule has 3 aromatic rings. The van der Waals surface area contributed by atoms with Crippen molar-refractivity contribution >= 4 is 23.1 Å². The Morgan fingerprint density at radius 2 is 1.93 bits per heavy atom. The Balaban J connectivity index is 1.37. The first-order valence-corrected chi connectivity index (χ1v) is 8.80. The highest BCUT2D eigenvalue weighted by Gasteiger charge is 2.31. The highest BCUT2D eigenvalue weighted by molar-refractivity contribution is 5.92. The van der Waals surface area contributed by atoms with E-state index in [0.29, 0.717) is 31.6 Å². The summed E-state index contributed by atoms with van der Waals surface area (Å²) >= 11 is 0. The lowest BCUT2D eigenvalue weighted by Gasteiger charge is -2.32. The number of aromatic nitrogens is 4. The van der Waals surface area contributed by atoms with E-state index in [-0.39, 0.29) is 17.5 Å². The number of hydrogen-bond donors (Lipinski definition) is 1. The van der Waals surface area contributed by atoms with E-state index in [2.05, 4.69) is 25.5 Å². The maximum Gasteiger partial charge on any atom is 0.416 e. The molecule has 1 fully saturated rings. The lowest BCUT2D eigenvalue weighted by molar-refractivity contribution is -0.137. The summed E-state index contributed by atoms with van der Waals surface area (Å²) in [6, 6.07) is 8.35. The van der Waals surface area contributed by atoms with Gasteiger partial charge in [0, 0.05) is 24.7 Å². The van der Waals surface area contributed by atoms with Crippen LogP contribution in [0.25, 0.3) is 5.65 Å². The van der Waals surface area contributed by atoms with E-state index in [1.807, 2.05) is 12.1 Å². The molecule has 4 rings (SSSR count). The van der Waals surface area contributed by atoms with Gasteiger partial charge in [0.2, 0.25) is 5.91 Å². The van der Waals surface area contributed by atoms with Crippen LogP contribution < -0.4 is 10.2 Å². The molecule has 28 heavy (non-hydrogen) atoms. The monoisotopic (exact) mass is 390 g/mol. The van der Waals surface area contributed by atoms with Crippen LogP contribution >= 0.6 is 0 Å². The largest absolute Gasteiger partial charge is 0.416 e. The molecule has 146 valence electrons. The minimum absolute atomic E-state index is 0.155. The van der Waals surface area contributed by atoms with E-state index in [1.165, 1.54) is 18.5 Å². The van der Waals surface area contributed by atoms with Crippen molar-refractivity contribution in [2.75, 3.05) is 23.3 Å². The number of carbonyl (C=O) groups excluding carboxylic acids is 1. The number of hydrogen-bond acceptors (Lipinski definition) is 5. The van der Waals surface area contributed by atoms with Crippen molar-refractivity contribution in [3.8, 4) is 0 Å². The van der Waals surface area contributed by atoms with Crippen molar-refractivity contribution < 1.29 is 18.0 Å². The van der Waals surface area contributed by atoms with E-state index in [0.717, 1.165) is 18.0 Å². The zero-order chi connectivity index (χ0) is 19.7. The number of rotatable bonds is 3. The van der Waals surface area contributed by atoms with Gasteiger partial charge in [-0.25, -0.2) is 0 Å². The number of piperidine rings is 1. The number of nitrogens with one attached hydrogen (secondary N) is 1. The molecule has 0 bridgehead atoms. The van der Waals surface area contributed by atoms with Crippen LogP contribution in [-0.2, 0) is 11.0 Å². The van der Waals surface area contributed by atoms with Crippen molar-refractivity contribution in [2.24, 2.45) is 5.92 Å². The minimum Gasteiger partial charge on any atom is -0.355 e. The summed E-state index contributed by atoms with van der Waals surface area (Å²) in [5.74, 6) is 0.245. The Labute approximate surface area is 158 Å². The van der Waals surface area contributed by atoms with E-state index in [1.54, 1.807) is 4.52 Å². The lowest BCUT2D eigenvalue weighted by atomic mass is 9.95. The Kier molecular flexibility index (Phi) is 4.62. The van der Waals surface area contributed by atoms with Gasteiger partial charge in [0.25, 0.3) is 0 Å². The van der Waals surface area contributed by atoms with Crippen LogP contribution in [0.5, 0.6) is 0 Å². The molecule has 1 N–H and O–H groups in total. The third kappa shape index (κ3) is 3.75. The average molecular weight is 390 g/mol. The van der Waals surface area contributed by atoms with E-state index < -0.39 is 11.7 Å². The number of carbonyl (C=O) groups is 1. The molecular weight excluding hydrogens is 373 g/mol. The number of anilines is 2. The smallest absolute Gasteiger partial charge is 0.355 e. The molecule has 1 aliphatic heterocycles. The Bertz CT molecular complexity index is 994. The third-order valence-electron chi connectivity index (χ3n) is 4.79. The number of benzene rings is 1. The average Bonchev–Trinajstić information content (AvgIpc) is 3.15. The van der Waals surface area contributed by atoms with Gasteiger partial charge < -0.3 is 10.2 Å². The number of alkyl halides is 3. The first-order chi connectivity index (χ1) is 13.4. The van der Waals surface area contributed by atoms with Crippen LogP contribution in [0.3, 0.4) is 0 Å². The van der Waals surface area contributed by atoms with Crippen LogP contribution in [-0.4, -0.2) is 38.8 Å². The Morgan fingerprint density at radius 1 is 1.14 bits per heavy atom. The van der Waals surface area contributed by atoms with Crippen LogP contribution in [0, 0.1) is 5.92 Å². The molecule has 0 aliphatic carbocycles. The quantitative estimate of drug-likeness (QED) is 0.744. The summed E-state index contributed by atoms with van der Waals surface area (Å²) in [6.07, 6.45) is -1.74. The summed E-state index contributed by atoms with van der Waals surface area (Å²) < 4.78 is 40.0. The molecule has 10 heteroatoms. The van der Waals surface area contributed by atoms with Crippen molar-refractivity contribution in [1.82, 2.24) is 19.8 Å². The fourth-order valence-electron chi connectivity index (χ4n) is 3.28. The van der Waals surface area contributed by atoms with Crippen molar-refractivity contribution in [3.63, 3.8) is 0 Å². The molecule has 0 radical (unpaired) electrons. The van der Waals surface area contributed by atoms with Crippen molar-refractivity contribution in [3.05, 3.63) is 48.3 Å². The van der Waals surface area contributed by atoms with Gasteiger partial charge in [-0.2, -0.15) is 17.7 Å². The molecule has 0 saturated carbocycles. The van der Waals surface area contributed by atoms with E-state index in [4.69, 9.17) is 0 Å². The molecule has 1 aliphatic rings. The second kappa shape index (κ2) is 7.10. The van der Waals surface area contributed by atoms with Gasteiger partial charge in [-0.3, -0.25) is 4.79 Å². The normalized spacial score (nSPS) is 15.8. The fourth-order valence-corrected chi connectivity index (χ4v) is 3.28. The first kappa shape index (κ1) is 18.2. The van der Waals surface area contributed by atoms with Gasteiger partial charge in [0.05, 0.1) is 5.56 Å². The molecule has 2 aromatic heterocycles. The van der Waals surface area contributed by atoms with Crippen LogP contribution in [0.4, 0.5) is 24.7 Å². The SMILES string of the molecule is O=C(Nc1cccc(C(F)(F)F)c1)C1CCN(c2ccc3nncn3n2)CC1. The topological polar surface area (TPSA) is 75.4 Å². The minimum atomic E-state index is -4.44. The molecule has 1 aromatic carbocycles. The summed E-state index contributed by atoms with van der Waals surface area (Å²) in [5.41, 5.74) is 0.0247. The third-order valence-corrected chi connectivity index (χ3v) is 4.79. The maximum absolute atomic E-state index is 12.8. The molecule has 7 nitrogen and oxygen atoms in total. The van der Waals surface area contributed by atoms with E-state index in [9.17, 15) is 18.0 Å².